The molecule has 0 aliphatic heterocycles. The number of amides is 1. The van der Waals surface area contributed by atoms with Gasteiger partial charge in [0.1, 0.15) is 16.5 Å². The van der Waals surface area contributed by atoms with E-state index < -0.39 is 50.9 Å². The van der Waals surface area contributed by atoms with Crippen molar-refractivity contribution in [3.05, 3.63) is 94.8 Å². The Labute approximate surface area is 218 Å². The molecule has 0 spiro atoms. The molecule has 0 fully saturated rings. The first-order valence-corrected chi connectivity index (χ1v) is 12.4. The summed E-state index contributed by atoms with van der Waals surface area (Å²) in [5.41, 5.74) is -3.89. The van der Waals surface area contributed by atoms with Crippen molar-refractivity contribution in [2.24, 2.45) is 0 Å². The van der Waals surface area contributed by atoms with Crippen LogP contribution in [0.3, 0.4) is 0 Å². The highest BCUT2D eigenvalue weighted by atomic mass is 32.2. The maximum Gasteiger partial charge on any atom is 0.416 e. The molecule has 39 heavy (non-hydrogen) atoms. The minimum Gasteiger partial charge on any atom is -0.383 e. The van der Waals surface area contributed by atoms with Crippen molar-refractivity contribution in [3.8, 4) is 5.75 Å². The fourth-order valence-corrected chi connectivity index (χ4v) is 4.33. The van der Waals surface area contributed by atoms with E-state index in [2.05, 4.69) is 0 Å². The largest absolute Gasteiger partial charge is 0.416 e. The van der Waals surface area contributed by atoms with E-state index in [-0.39, 0.29) is 42.0 Å². The quantitative estimate of drug-likeness (QED) is 0.233. The molecular formula is C25H20F7NO5S. The summed E-state index contributed by atoms with van der Waals surface area (Å²) in [6.45, 7) is -0.661. The van der Waals surface area contributed by atoms with Gasteiger partial charge in [0.2, 0.25) is 0 Å². The lowest BCUT2D eigenvalue weighted by molar-refractivity contribution is -0.143. The fraction of sp³-hybridized carbons (Fsp3) is 0.240. The Bertz CT molecular complexity index is 1390. The summed E-state index contributed by atoms with van der Waals surface area (Å²) in [5.74, 6) is -2.01. The van der Waals surface area contributed by atoms with Crippen LogP contribution in [0, 0.1) is 5.82 Å². The Balaban J connectivity index is 1.92. The van der Waals surface area contributed by atoms with Gasteiger partial charge in [-0.25, -0.2) is 4.39 Å². The van der Waals surface area contributed by atoms with Crippen LogP contribution >= 0.6 is 0 Å². The molecule has 0 unspecified atom stereocenters. The molecule has 0 N–H and O–H groups in total. The van der Waals surface area contributed by atoms with Gasteiger partial charge in [0, 0.05) is 25.8 Å². The number of ether oxygens (including phenoxy) is 1. The fourth-order valence-electron chi connectivity index (χ4n) is 3.41. The Morgan fingerprint density at radius 1 is 0.872 bits per heavy atom. The number of hydrogen-bond acceptors (Lipinski definition) is 5. The number of methoxy groups -OCH3 is 1. The normalized spacial score (nSPS) is 12.3. The highest BCUT2D eigenvalue weighted by molar-refractivity contribution is 7.87. The third-order valence-electron chi connectivity index (χ3n) is 5.27. The molecule has 0 aliphatic rings. The van der Waals surface area contributed by atoms with Crippen LogP contribution in [0.25, 0.3) is 0 Å². The summed E-state index contributed by atoms with van der Waals surface area (Å²) >= 11 is 0. The van der Waals surface area contributed by atoms with Crippen molar-refractivity contribution in [1.29, 1.82) is 0 Å². The molecule has 1 amide bonds. The average molecular weight is 579 g/mol. The summed E-state index contributed by atoms with van der Waals surface area (Å²) in [4.78, 5) is 13.7. The molecule has 3 aromatic carbocycles. The van der Waals surface area contributed by atoms with Crippen LogP contribution in [0.5, 0.6) is 5.75 Å². The second kappa shape index (κ2) is 11.6. The zero-order chi connectivity index (χ0) is 29.0. The maximum atomic E-state index is 13.3. The van der Waals surface area contributed by atoms with Gasteiger partial charge in [-0.2, -0.15) is 34.8 Å². The van der Waals surface area contributed by atoms with Crippen molar-refractivity contribution < 1.29 is 52.9 Å². The smallest absolute Gasteiger partial charge is 0.383 e. The lowest BCUT2D eigenvalue weighted by atomic mass is 10.0. The third-order valence-corrected chi connectivity index (χ3v) is 6.53. The van der Waals surface area contributed by atoms with Crippen LogP contribution in [0.15, 0.2) is 71.6 Å². The zero-order valence-electron chi connectivity index (χ0n) is 20.0. The molecule has 0 radical (unpaired) electrons. The van der Waals surface area contributed by atoms with E-state index in [9.17, 15) is 43.9 Å². The molecular weight excluding hydrogens is 559 g/mol. The number of hydrogen-bond donors (Lipinski definition) is 0. The van der Waals surface area contributed by atoms with Gasteiger partial charge in [0.15, 0.2) is 0 Å². The van der Waals surface area contributed by atoms with Crippen molar-refractivity contribution >= 4 is 16.0 Å². The lowest BCUT2D eigenvalue weighted by Gasteiger charge is -2.24. The molecule has 6 nitrogen and oxygen atoms in total. The number of halogens is 7. The SMILES string of the molecule is COCCN(Cc1cccc(OS(=O)(=O)c2ccc(F)cc2)c1)C(=O)c1cc(C(F)(F)F)cc(C(F)(F)F)c1. The van der Waals surface area contributed by atoms with Crippen LogP contribution in [0.4, 0.5) is 30.7 Å². The van der Waals surface area contributed by atoms with Gasteiger partial charge in [0.05, 0.1) is 17.7 Å². The van der Waals surface area contributed by atoms with E-state index in [1.807, 2.05) is 0 Å². The minimum absolute atomic E-state index is 0.0847. The van der Waals surface area contributed by atoms with Gasteiger partial charge in [-0.05, 0) is 60.2 Å². The van der Waals surface area contributed by atoms with E-state index in [0.717, 1.165) is 29.2 Å². The highest BCUT2D eigenvalue weighted by Crippen LogP contribution is 2.36. The van der Waals surface area contributed by atoms with Gasteiger partial charge in [-0.1, -0.05) is 12.1 Å². The number of rotatable bonds is 9. The van der Waals surface area contributed by atoms with E-state index in [0.29, 0.717) is 12.1 Å². The van der Waals surface area contributed by atoms with Crippen molar-refractivity contribution in [3.63, 3.8) is 0 Å². The lowest BCUT2D eigenvalue weighted by Crippen LogP contribution is -2.34. The summed E-state index contributed by atoms with van der Waals surface area (Å²) in [5, 5.41) is 0. The number of carbonyl (C=O) groups excluding carboxylic acids is 1. The van der Waals surface area contributed by atoms with Crippen LogP contribution < -0.4 is 4.18 Å². The van der Waals surface area contributed by atoms with Gasteiger partial charge in [-0.3, -0.25) is 4.79 Å². The monoisotopic (exact) mass is 579 g/mol. The van der Waals surface area contributed by atoms with Crippen molar-refractivity contribution in [2.75, 3.05) is 20.3 Å². The molecule has 0 saturated carbocycles. The van der Waals surface area contributed by atoms with E-state index in [1.54, 1.807) is 0 Å². The molecule has 3 rings (SSSR count). The number of carbonyl (C=O) groups is 1. The molecule has 0 heterocycles. The summed E-state index contributed by atoms with van der Waals surface area (Å²) in [6.07, 6.45) is -10.3. The Kier molecular flexibility index (Phi) is 8.91. The molecule has 14 heteroatoms. The first kappa shape index (κ1) is 29.9. The third kappa shape index (κ3) is 7.93. The van der Waals surface area contributed by atoms with Gasteiger partial charge >= 0.3 is 22.5 Å². The molecule has 3 aromatic rings. The van der Waals surface area contributed by atoms with Crippen LogP contribution in [0.2, 0.25) is 0 Å². The number of nitrogens with zero attached hydrogens (tertiary/aromatic N) is 1. The minimum atomic E-state index is -5.14. The van der Waals surface area contributed by atoms with E-state index in [1.165, 1.54) is 31.4 Å². The first-order chi connectivity index (χ1) is 18.1. The van der Waals surface area contributed by atoms with E-state index >= 15 is 0 Å². The molecule has 0 bridgehead atoms. The van der Waals surface area contributed by atoms with Crippen molar-refractivity contribution in [1.82, 2.24) is 4.90 Å². The molecule has 0 aromatic heterocycles. The number of benzene rings is 3. The molecule has 0 aliphatic carbocycles. The first-order valence-electron chi connectivity index (χ1n) is 11.0. The van der Waals surface area contributed by atoms with Crippen LogP contribution in [-0.4, -0.2) is 39.5 Å². The standard InChI is InChI=1S/C25H20F7NO5S/c1-37-10-9-33(23(34)17-12-18(24(27,28)29)14-19(13-17)25(30,31)32)15-16-3-2-4-21(11-16)38-39(35,36)22-7-5-20(26)6-8-22/h2-8,11-14H,9-10,15H2,1H3. The van der Waals surface area contributed by atoms with Gasteiger partial charge in [-0.15, -0.1) is 0 Å². The Hall–Kier alpha value is -3.65. The van der Waals surface area contributed by atoms with Crippen LogP contribution in [-0.2, 0) is 33.8 Å². The maximum absolute atomic E-state index is 13.3. The summed E-state index contributed by atoms with van der Waals surface area (Å²) in [6, 6.07) is 9.70. The van der Waals surface area contributed by atoms with Gasteiger partial charge < -0.3 is 13.8 Å². The second-order valence-electron chi connectivity index (χ2n) is 8.15. The Morgan fingerprint density at radius 2 is 1.46 bits per heavy atom. The average Bonchev–Trinajstić information content (AvgIpc) is 2.85. The second-order valence-corrected chi connectivity index (χ2v) is 9.70. The predicted octanol–water partition coefficient (Wildman–Crippen LogP) is 5.92. The zero-order valence-corrected chi connectivity index (χ0v) is 20.8. The Morgan fingerprint density at radius 3 is 2.00 bits per heavy atom. The predicted molar refractivity (Wildman–Crippen MR) is 124 cm³/mol. The summed E-state index contributed by atoms with van der Waals surface area (Å²) < 4.78 is 128. The molecule has 210 valence electrons. The van der Waals surface area contributed by atoms with Crippen LogP contribution in [0.1, 0.15) is 27.0 Å². The highest BCUT2D eigenvalue weighted by Gasteiger charge is 2.38. The van der Waals surface area contributed by atoms with Crippen molar-refractivity contribution in [2.45, 2.75) is 23.8 Å². The van der Waals surface area contributed by atoms with E-state index in [4.69, 9.17) is 8.92 Å². The number of alkyl halides is 6. The topological polar surface area (TPSA) is 72.9 Å². The van der Waals surface area contributed by atoms with Gasteiger partial charge in [0.25, 0.3) is 5.91 Å². The molecule has 0 saturated heterocycles. The summed E-state index contributed by atoms with van der Waals surface area (Å²) in [7, 11) is -3.09. The molecule has 0 atom stereocenters.